The van der Waals surface area contributed by atoms with E-state index < -0.39 is 25.4 Å². The van der Waals surface area contributed by atoms with Crippen molar-refractivity contribution in [3.8, 4) is 0 Å². The molecule has 0 N–H and O–H groups in total. The fraction of sp³-hybridized carbons (Fsp3) is 0.765. The average molecular weight is 343 g/mol. The summed E-state index contributed by atoms with van der Waals surface area (Å²) in [5.74, 6) is -0.697. The van der Waals surface area contributed by atoms with E-state index in [1.165, 1.54) is 14.2 Å². The van der Waals surface area contributed by atoms with Crippen LogP contribution in [0.15, 0.2) is 11.3 Å². The lowest BCUT2D eigenvalue weighted by Gasteiger charge is -2.22. The minimum atomic E-state index is -1.52. The molecule has 0 bridgehead atoms. The lowest BCUT2D eigenvalue weighted by atomic mass is 9.86. The first-order valence-corrected chi connectivity index (χ1v) is 11.6. The fourth-order valence-electron chi connectivity index (χ4n) is 2.94. The molecule has 5 nitrogen and oxygen atoms in total. The second-order valence-electron chi connectivity index (χ2n) is 7.75. The van der Waals surface area contributed by atoms with Crippen molar-refractivity contribution in [1.29, 1.82) is 0 Å². The molecule has 1 unspecified atom stereocenters. The zero-order valence-corrected chi connectivity index (χ0v) is 16.4. The summed E-state index contributed by atoms with van der Waals surface area (Å²) >= 11 is 0. The molecule has 1 rings (SSSR count). The van der Waals surface area contributed by atoms with Gasteiger partial charge in [-0.15, -0.1) is 0 Å². The van der Waals surface area contributed by atoms with Gasteiger partial charge in [0.25, 0.3) is 0 Å². The number of esters is 2. The molecule has 132 valence electrons. The molecule has 23 heavy (non-hydrogen) atoms. The van der Waals surface area contributed by atoms with Gasteiger partial charge in [-0.1, -0.05) is 39.2 Å². The van der Waals surface area contributed by atoms with Crippen molar-refractivity contribution in [2.24, 2.45) is 11.3 Å². The van der Waals surface area contributed by atoms with Crippen LogP contribution in [-0.2, 0) is 23.8 Å². The standard InChI is InChI=1S/C17H30O5Si/c1-12(2)10-22-14-9-17(15(18)20-3,16(19)21-4)8-13(14)11-23(5,6)7/h11-12,14H,8-10H2,1-7H3/b13-11+. The Morgan fingerprint density at radius 3 is 2.13 bits per heavy atom. The third-order valence-corrected chi connectivity index (χ3v) is 5.09. The molecule has 0 radical (unpaired) electrons. The Bertz CT molecular complexity index is 460. The van der Waals surface area contributed by atoms with Crippen LogP contribution in [0.5, 0.6) is 0 Å². The second kappa shape index (κ2) is 7.62. The van der Waals surface area contributed by atoms with Crippen LogP contribution in [0.4, 0.5) is 0 Å². The molecule has 1 aliphatic carbocycles. The van der Waals surface area contributed by atoms with E-state index >= 15 is 0 Å². The minimum absolute atomic E-state index is 0.234. The van der Waals surface area contributed by atoms with Gasteiger partial charge in [0.1, 0.15) is 0 Å². The summed E-state index contributed by atoms with van der Waals surface area (Å²) < 4.78 is 15.8. The summed E-state index contributed by atoms with van der Waals surface area (Å²) in [6, 6.07) is 0. The van der Waals surface area contributed by atoms with Gasteiger partial charge in [-0.25, -0.2) is 0 Å². The summed E-state index contributed by atoms with van der Waals surface area (Å²) in [6.07, 6.45) is 0.372. The van der Waals surface area contributed by atoms with Gasteiger partial charge in [0.2, 0.25) is 0 Å². The predicted molar refractivity (Wildman–Crippen MR) is 91.7 cm³/mol. The number of ether oxygens (including phenoxy) is 3. The number of hydrogen-bond donors (Lipinski definition) is 0. The third-order valence-electron chi connectivity index (χ3n) is 3.85. The zero-order chi connectivity index (χ0) is 17.8. The molecule has 0 spiro atoms. The van der Waals surface area contributed by atoms with E-state index in [1.807, 2.05) is 0 Å². The number of methoxy groups -OCH3 is 2. The van der Waals surface area contributed by atoms with E-state index in [0.29, 0.717) is 18.9 Å². The summed E-state index contributed by atoms with van der Waals surface area (Å²) in [6.45, 7) is 11.4. The van der Waals surface area contributed by atoms with Gasteiger partial charge in [-0.2, -0.15) is 0 Å². The van der Waals surface area contributed by atoms with Gasteiger partial charge in [-0.05, 0) is 17.9 Å². The minimum Gasteiger partial charge on any atom is -0.468 e. The molecule has 0 aromatic heterocycles. The predicted octanol–water partition coefficient (Wildman–Crippen LogP) is 2.96. The van der Waals surface area contributed by atoms with Gasteiger partial charge < -0.3 is 14.2 Å². The van der Waals surface area contributed by atoms with Crippen LogP contribution in [0.3, 0.4) is 0 Å². The van der Waals surface area contributed by atoms with Crippen LogP contribution < -0.4 is 0 Å². The molecular formula is C17H30O5Si. The first kappa shape index (κ1) is 19.9. The summed E-state index contributed by atoms with van der Waals surface area (Å²) in [5.41, 5.74) is 1.98. The molecule has 0 aliphatic heterocycles. The van der Waals surface area contributed by atoms with Crippen LogP contribution in [0.25, 0.3) is 0 Å². The molecule has 0 amide bonds. The number of rotatable bonds is 6. The molecule has 0 aromatic rings. The highest BCUT2D eigenvalue weighted by atomic mass is 28.3. The van der Waals surface area contributed by atoms with E-state index in [1.54, 1.807) is 0 Å². The normalized spacial score (nSPS) is 22.4. The first-order valence-electron chi connectivity index (χ1n) is 8.06. The van der Waals surface area contributed by atoms with Crippen molar-refractivity contribution in [3.05, 3.63) is 11.3 Å². The van der Waals surface area contributed by atoms with E-state index in [4.69, 9.17) is 14.2 Å². The molecule has 0 aromatic carbocycles. The average Bonchev–Trinajstić information content (AvgIpc) is 2.81. The third kappa shape index (κ3) is 4.91. The number of carbonyl (C=O) groups excluding carboxylic acids is 2. The topological polar surface area (TPSA) is 61.8 Å². The van der Waals surface area contributed by atoms with Crippen LogP contribution in [0.1, 0.15) is 26.7 Å². The van der Waals surface area contributed by atoms with Gasteiger partial charge >= 0.3 is 11.9 Å². The highest BCUT2D eigenvalue weighted by molar-refractivity contribution is 6.81. The van der Waals surface area contributed by atoms with E-state index in [0.717, 1.165) is 5.57 Å². The Labute approximate surface area is 140 Å². The van der Waals surface area contributed by atoms with Crippen LogP contribution >= 0.6 is 0 Å². The summed E-state index contributed by atoms with van der Waals surface area (Å²) in [7, 11) is 1.09. The quantitative estimate of drug-likeness (QED) is 0.422. The Kier molecular flexibility index (Phi) is 6.59. The Hall–Kier alpha value is -1.14. The second-order valence-corrected chi connectivity index (χ2v) is 12.8. The summed E-state index contributed by atoms with van der Waals surface area (Å²) in [5, 5.41) is 0. The van der Waals surface area contributed by atoms with E-state index in [-0.39, 0.29) is 12.5 Å². The Morgan fingerprint density at radius 1 is 1.22 bits per heavy atom. The molecule has 6 heteroatoms. The maximum absolute atomic E-state index is 12.3. The number of hydrogen-bond acceptors (Lipinski definition) is 5. The monoisotopic (exact) mass is 342 g/mol. The Balaban J connectivity index is 3.20. The highest BCUT2D eigenvalue weighted by Gasteiger charge is 2.56. The maximum atomic E-state index is 12.3. The molecule has 1 atom stereocenters. The van der Waals surface area contributed by atoms with Gasteiger partial charge in [0, 0.05) is 13.0 Å². The van der Waals surface area contributed by atoms with E-state index in [9.17, 15) is 9.59 Å². The first-order chi connectivity index (χ1) is 10.6. The zero-order valence-electron chi connectivity index (χ0n) is 15.4. The van der Waals surface area contributed by atoms with Crippen LogP contribution in [0, 0.1) is 11.3 Å². The molecule has 0 heterocycles. The largest absolute Gasteiger partial charge is 0.468 e. The smallest absolute Gasteiger partial charge is 0.323 e. The van der Waals surface area contributed by atoms with E-state index in [2.05, 4.69) is 39.2 Å². The molecule has 1 fully saturated rings. The lowest BCUT2D eigenvalue weighted by Crippen LogP contribution is -2.39. The lowest BCUT2D eigenvalue weighted by molar-refractivity contribution is -0.169. The molecule has 1 saturated carbocycles. The van der Waals surface area contributed by atoms with Crippen LogP contribution in [-0.4, -0.2) is 46.9 Å². The molecule has 1 aliphatic rings. The number of carbonyl (C=O) groups is 2. The van der Waals surface area contributed by atoms with Gasteiger partial charge in [0.05, 0.1) is 28.4 Å². The molecule has 0 saturated heterocycles. The van der Waals surface area contributed by atoms with Crippen molar-refractivity contribution in [2.75, 3.05) is 20.8 Å². The Morgan fingerprint density at radius 2 is 1.74 bits per heavy atom. The highest BCUT2D eigenvalue weighted by Crippen LogP contribution is 2.45. The van der Waals surface area contributed by atoms with Crippen LogP contribution in [0.2, 0.25) is 19.6 Å². The van der Waals surface area contributed by atoms with Crippen molar-refractivity contribution < 1.29 is 23.8 Å². The maximum Gasteiger partial charge on any atom is 0.323 e. The van der Waals surface area contributed by atoms with Crippen molar-refractivity contribution >= 4 is 20.0 Å². The van der Waals surface area contributed by atoms with Crippen molar-refractivity contribution in [2.45, 2.75) is 52.4 Å². The van der Waals surface area contributed by atoms with Crippen molar-refractivity contribution in [3.63, 3.8) is 0 Å². The van der Waals surface area contributed by atoms with Gasteiger partial charge in [-0.3, -0.25) is 9.59 Å². The van der Waals surface area contributed by atoms with Gasteiger partial charge in [0.15, 0.2) is 5.41 Å². The van der Waals surface area contributed by atoms with Crippen molar-refractivity contribution in [1.82, 2.24) is 0 Å². The summed E-state index contributed by atoms with van der Waals surface area (Å²) in [4.78, 5) is 24.7. The SMILES string of the molecule is COC(=O)C1(C(=O)OC)C/C(=C\[Si](C)(C)C)C(OCC(C)C)C1. The fourth-order valence-corrected chi connectivity index (χ4v) is 4.34. The molecular weight excluding hydrogens is 312 g/mol.